The maximum absolute atomic E-state index is 14.2. The molecule has 0 radical (unpaired) electrons. The average molecular weight is 743 g/mol. The molecule has 0 bridgehead atoms. The van der Waals surface area contributed by atoms with Gasteiger partial charge < -0.3 is 29.0 Å². The van der Waals surface area contributed by atoms with Crippen molar-refractivity contribution in [1.29, 1.82) is 0 Å². The van der Waals surface area contributed by atoms with Crippen LogP contribution in [-0.4, -0.2) is 70.2 Å². The average Bonchev–Trinajstić information content (AvgIpc) is 3.11. The van der Waals surface area contributed by atoms with Crippen LogP contribution in [0.15, 0.2) is 102 Å². The molecule has 2 heterocycles. The van der Waals surface area contributed by atoms with Crippen LogP contribution in [0.5, 0.6) is 11.5 Å². The number of carbonyl (C=O) groups is 6. The molecule has 1 fully saturated rings. The number of hydrogen-bond donors (Lipinski definition) is 1. The summed E-state index contributed by atoms with van der Waals surface area (Å²) >= 11 is 1.33. The number of fused-ring (bicyclic) bond motifs is 1. The summed E-state index contributed by atoms with van der Waals surface area (Å²) in [7, 11) is 0. The Labute approximate surface area is 310 Å². The second kappa shape index (κ2) is 16.6. The van der Waals surface area contributed by atoms with Crippen molar-refractivity contribution in [2.45, 2.75) is 57.7 Å². The predicted octanol–water partition coefficient (Wildman–Crippen LogP) is 5.65. The van der Waals surface area contributed by atoms with Crippen LogP contribution in [0.2, 0.25) is 0 Å². The van der Waals surface area contributed by atoms with Crippen molar-refractivity contribution in [2.75, 3.05) is 12.4 Å². The number of rotatable bonds is 11. The Morgan fingerprint density at radius 2 is 1.47 bits per heavy atom. The monoisotopic (exact) mass is 742 g/mol. The standard InChI is InChI=1S/C39H38N2O11S/c1-23(42)49-29-19-18-27(21-30(29)50-24(2)43)36(45)48-20-12-17-28-22-53-35-31(40-38(47)52-39(3,4)5)34(44)41(35)32(28)37(46)51-33(25-13-8-6-9-14-25)26-15-10-7-11-16-26/h6-19,21,31,33,35H,20,22H2,1-5H3,(H,40,47)/b17-12+/t31?,35-/m0/s1. The first-order valence-corrected chi connectivity index (χ1v) is 17.6. The van der Waals surface area contributed by atoms with Gasteiger partial charge >= 0.3 is 30.0 Å². The molecule has 2 aliphatic rings. The van der Waals surface area contributed by atoms with E-state index in [0.29, 0.717) is 5.57 Å². The van der Waals surface area contributed by atoms with Crippen molar-refractivity contribution in [2.24, 2.45) is 0 Å². The van der Waals surface area contributed by atoms with Crippen molar-refractivity contribution >= 4 is 47.6 Å². The van der Waals surface area contributed by atoms with Crippen molar-refractivity contribution in [3.8, 4) is 11.5 Å². The minimum atomic E-state index is -0.938. The maximum atomic E-state index is 14.2. The summed E-state index contributed by atoms with van der Waals surface area (Å²) in [5.74, 6) is -3.32. The topological polar surface area (TPSA) is 164 Å². The summed E-state index contributed by atoms with van der Waals surface area (Å²) in [6.07, 6.45) is 1.52. The summed E-state index contributed by atoms with van der Waals surface area (Å²) in [6, 6.07) is 21.3. The lowest BCUT2D eigenvalue weighted by Crippen LogP contribution is -2.70. The van der Waals surface area contributed by atoms with Crippen LogP contribution in [0.25, 0.3) is 0 Å². The number of esters is 4. The fourth-order valence-corrected chi connectivity index (χ4v) is 6.77. The van der Waals surface area contributed by atoms with E-state index in [-0.39, 0.29) is 35.1 Å². The molecule has 1 saturated heterocycles. The minimum absolute atomic E-state index is 0.00693. The molecule has 1 unspecified atom stereocenters. The Morgan fingerprint density at radius 3 is 2.06 bits per heavy atom. The third-order valence-electron chi connectivity index (χ3n) is 7.61. The highest BCUT2D eigenvalue weighted by molar-refractivity contribution is 8.00. The summed E-state index contributed by atoms with van der Waals surface area (Å²) in [6.45, 7) is 7.23. The zero-order valence-electron chi connectivity index (χ0n) is 29.7. The number of hydrogen-bond acceptors (Lipinski definition) is 12. The molecule has 276 valence electrons. The van der Waals surface area contributed by atoms with Crippen molar-refractivity contribution in [1.82, 2.24) is 10.2 Å². The second-order valence-electron chi connectivity index (χ2n) is 12.9. The number of alkyl carbamates (subject to hydrolysis) is 1. The summed E-state index contributed by atoms with van der Waals surface area (Å²) in [5, 5.41) is 2.01. The van der Waals surface area contributed by atoms with Gasteiger partial charge in [0.05, 0.1) is 5.56 Å². The molecule has 14 heteroatoms. The number of ether oxygens (including phenoxy) is 5. The zero-order chi connectivity index (χ0) is 38.3. The van der Waals surface area contributed by atoms with E-state index in [9.17, 15) is 28.8 Å². The first-order valence-electron chi connectivity index (χ1n) is 16.5. The fourth-order valence-electron chi connectivity index (χ4n) is 5.45. The van der Waals surface area contributed by atoms with Crippen LogP contribution in [0.4, 0.5) is 4.79 Å². The highest BCUT2D eigenvalue weighted by Gasteiger charge is 2.54. The van der Waals surface area contributed by atoms with Crippen LogP contribution in [0.3, 0.4) is 0 Å². The number of nitrogens with zero attached hydrogens (tertiary/aromatic N) is 1. The molecule has 0 aromatic heterocycles. The van der Waals surface area contributed by atoms with Gasteiger partial charge in [-0.2, -0.15) is 0 Å². The number of amides is 2. The molecular weight excluding hydrogens is 704 g/mol. The van der Waals surface area contributed by atoms with Gasteiger partial charge in [0.15, 0.2) is 17.6 Å². The Morgan fingerprint density at radius 1 is 0.868 bits per heavy atom. The smallest absolute Gasteiger partial charge is 0.408 e. The van der Waals surface area contributed by atoms with Gasteiger partial charge in [-0.05, 0) is 61.7 Å². The quantitative estimate of drug-likeness (QED) is 0.111. The molecule has 0 aliphatic carbocycles. The molecule has 2 atom stereocenters. The lowest BCUT2D eigenvalue weighted by atomic mass is 10.0. The number of β-lactam (4-membered cyclic amide) rings is 1. The molecule has 3 aromatic carbocycles. The van der Waals surface area contributed by atoms with Gasteiger partial charge in [0.25, 0.3) is 5.91 Å². The lowest BCUT2D eigenvalue weighted by molar-refractivity contribution is -0.153. The van der Waals surface area contributed by atoms with E-state index in [1.807, 2.05) is 60.7 Å². The maximum Gasteiger partial charge on any atom is 0.408 e. The first kappa shape index (κ1) is 38.3. The Balaban J connectivity index is 1.39. The summed E-state index contributed by atoms with van der Waals surface area (Å²) in [5.41, 5.74) is 1.10. The number of benzene rings is 3. The van der Waals surface area contributed by atoms with E-state index in [2.05, 4.69) is 5.32 Å². The molecular formula is C39H38N2O11S. The van der Waals surface area contributed by atoms with Crippen LogP contribution in [-0.2, 0) is 33.4 Å². The highest BCUT2D eigenvalue weighted by Crippen LogP contribution is 2.42. The van der Waals surface area contributed by atoms with Gasteiger partial charge in [0.1, 0.15) is 29.3 Å². The van der Waals surface area contributed by atoms with E-state index in [1.165, 1.54) is 47.9 Å². The van der Waals surface area contributed by atoms with E-state index in [4.69, 9.17) is 23.7 Å². The number of thioether (sulfide) groups is 1. The Bertz CT molecular complexity index is 1910. The van der Waals surface area contributed by atoms with Gasteiger partial charge in [0.2, 0.25) is 0 Å². The normalized spacial score (nSPS) is 16.7. The van der Waals surface area contributed by atoms with Gasteiger partial charge in [-0.3, -0.25) is 19.3 Å². The number of nitrogens with one attached hydrogen (secondary N) is 1. The lowest BCUT2D eigenvalue weighted by Gasteiger charge is -2.49. The summed E-state index contributed by atoms with van der Waals surface area (Å²) < 4.78 is 27.0. The SMILES string of the molecule is CC(=O)Oc1ccc(C(=O)OC/C=C/C2=C(C(=O)OC(c3ccccc3)c3ccccc3)N3C(=O)C(NC(=O)OC(C)(C)C)[C@@H]3SC2)cc1OC(C)=O. The summed E-state index contributed by atoms with van der Waals surface area (Å²) in [4.78, 5) is 77.5. The first-order chi connectivity index (χ1) is 25.2. The molecule has 53 heavy (non-hydrogen) atoms. The molecule has 5 rings (SSSR count). The number of carbonyl (C=O) groups excluding carboxylic acids is 6. The van der Waals surface area contributed by atoms with E-state index in [0.717, 1.165) is 18.1 Å². The van der Waals surface area contributed by atoms with Crippen molar-refractivity contribution in [3.63, 3.8) is 0 Å². The van der Waals surface area contributed by atoms with Gasteiger partial charge in [0, 0.05) is 19.6 Å². The van der Waals surface area contributed by atoms with E-state index in [1.54, 1.807) is 26.8 Å². The third-order valence-corrected chi connectivity index (χ3v) is 8.91. The molecule has 2 amide bonds. The van der Waals surface area contributed by atoms with E-state index >= 15 is 0 Å². The molecule has 2 aliphatic heterocycles. The molecule has 0 saturated carbocycles. The molecule has 1 N–H and O–H groups in total. The zero-order valence-corrected chi connectivity index (χ0v) is 30.5. The largest absolute Gasteiger partial charge is 0.458 e. The minimum Gasteiger partial charge on any atom is -0.458 e. The Hall–Kier alpha value is -5.89. The van der Waals surface area contributed by atoms with Crippen LogP contribution < -0.4 is 14.8 Å². The fraction of sp³-hybridized carbons (Fsp3) is 0.282. The predicted molar refractivity (Wildman–Crippen MR) is 193 cm³/mol. The van der Waals surface area contributed by atoms with Crippen molar-refractivity contribution in [3.05, 3.63) is 119 Å². The van der Waals surface area contributed by atoms with Crippen LogP contribution in [0, 0.1) is 0 Å². The van der Waals surface area contributed by atoms with Gasteiger partial charge in [-0.15, -0.1) is 11.8 Å². The number of allylic oxidation sites excluding steroid dienone is 1. The molecule has 0 spiro atoms. The molecule has 3 aromatic rings. The second-order valence-corrected chi connectivity index (χ2v) is 14.0. The third kappa shape index (κ3) is 9.71. The van der Waals surface area contributed by atoms with Crippen molar-refractivity contribution < 1.29 is 52.5 Å². The van der Waals surface area contributed by atoms with E-state index < -0.39 is 59.0 Å². The Kier molecular flexibility index (Phi) is 12.0. The van der Waals surface area contributed by atoms with Crippen LogP contribution in [0.1, 0.15) is 62.2 Å². The molecule has 13 nitrogen and oxygen atoms in total. The van der Waals surface area contributed by atoms with Crippen LogP contribution >= 0.6 is 11.8 Å². The van der Waals surface area contributed by atoms with Gasteiger partial charge in [-0.25, -0.2) is 14.4 Å². The highest BCUT2D eigenvalue weighted by atomic mass is 32.2. The van der Waals surface area contributed by atoms with Gasteiger partial charge in [-0.1, -0.05) is 66.7 Å².